The highest BCUT2D eigenvalue weighted by atomic mass is 15.4. The van der Waals surface area contributed by atoms with Crippen LogP contribution < -0.4 is 0 Å². The Morgan fingerprint density at radius 3 is 2.47 bits per heavy atom. The van der Waals surface area contributed by atoms with E-state index in [1.165, 1.54) is 29.5 Å². The van der Waals surface area contributed by atoms with Crippen LogP contribution in [0.15, 0.2) is 72.4 Å². The van der Waals surface area contributed by atoms with Gasteiger partial charge in [0.05, 0.1) is 6.20 Å². The Balaban J connectivity index is 1.32. The molecule has 1 aromatic heterocycles. The summed E-state index contributed by atoms with van der Waals surface area (Å²) in [6.45, 7) is 5.36. The van der Waals surface area contributed by atoms with E-state index in [0.29, 0.717) is 6.04 Å². The molecule has 164 valence electrons. The van der Waals surface area contributed by atoms with Crippen molar-refractivity contribution in [2.24, 2.45) is 0 Å². The van der Waals surface area contributed by atoms with Gasteiger partial charge >= 0.3 is 0 Å². The number of allylic oxidation sites excluding steroid dienone is 1. The molecule has 1 unspecified atom stereocenters. The van der Waals surface area contributed by atoms with Crippen LogP contribution in [-0.4, -0.2) is 39.0 Å². The van der Waals surface area contributed by atoms with Crippen molar-refractivity contribution in [1.82, 2.24) is 19.9 Å². The normalized spacial score (nSPS) is 16.0. The highest BCUT2D eigenvalue weighted by Gasteiger charge is 2.20. The average molecular weight is 425 g/mol. The minimum atomic E-state index is 0.612. The van der Waals surface area contributed by atoms with E-state index in [1.54, 1.807) is 0 Å². The lowest BCUT2D eigenvalue weighted by Crippen LogP contribution is -2.38. The fourth-order valence-corrected chi connectivity index (χ4v) is 4.49. The third-order valence-corrected chi connectivity index (χ3v) is 6.25. The first-order chi connectivity index (χ1) is 15.8. The summed E-state index contributed by atoms with van der Waals surface area (Å²) in [5, 5.41) is 8.77. The maximum atomic E-state index is 5.56. The molecular formula is C28H32N4. The predicted molar refractivity (Wildman–Crippen MR) is 132 cm³/mol. The van der Waals surface area contributed by atoms with Gasteiger partial charge in [-0.05, 0) is 55.3 Å². The monoisotopic (exact) mass is 424 g/mol. The number of aromatic nitrogens is 3. The largest absolute Gasteiger partial charge is 0.300 e. The minimum Gasteiger partial charge on any atom is -0.300 e. The van der Waals surface area contributed by atoms with Gasteiger partial charge in [0.1, 0.15) is 5.69 Å². The Kier molecular flexibility index (Phi) is 7.53. The molecule has 0 radical (unpaired) electrons. The van der Waals surface area contributed by atoms with Crippen molar-refractivity contribution in [2.45, 2.75) is 51.6 Å². The summed E-state index contributed by atoms with van der Waals surface area (Å²) in [4.78, 5) is 2.63. The quantitative estimate of drug-likeness (QED) is 0.406. The van der Waals surface area contributed by atoms with E-state index >= 15 is 0 Å². The first-order valence-corrected chi connectivity index (χ1v) is 11.7. The van der Waals surface area contributed by atoms with Crippen molar-refractivity contribution in [3.05, 3.63) is 72.4 Å². The highest BCUT2D eigenvalue weighted by molar-refractivity contribution is 5.68. The molecule has 0 N–H and O–H groups in total. The van der Waals surface area contributed by atoms with Gasteiger partial charge in [0.2, 0.25) is 0 Å². The van der Waals surface area contributed by atoms with Crippen LogP contribution >= 0.6 is 0 Å². The number of benzene rings is 2. The molecule has 0 saturated heterocycles. The number of rotatable bonds is 9. The van der Waals surface area contributed by atoms with Crippen LogP contribution in [0.25, 0.3) is 22.4 Å². The number of terminal acetylenes is 1. The summed E-state index contributed by atoms with van der Waals surface area (Å²) >= 11 is 0. The second-order valence-electron chi connectivity index (χ2n) is 8.50. The van der Waals surface area contributed by atoms with Crippen molar-refractivity contribution < 1.29 is 0 Å². The maximum absolute atomic E-state index is 5.56. The molecule has 0 aliphatic heterocycles. The molecule has 1 aliphatic rings. The summed E-state index contributed by atoms with van der Waals surface area (Å²) < 4.78 is 1.97. The van der Waals surface area contributed by atoms with Gasteiger partial charge in [-0.2, -0.15) is 0 Å². The van der Waals surface area contributed by atoms with Crippen molar-refractivity contribution in [2.75, 3.05) is 13.1 Å². The van der Waals surface area contributed by atoms with Gasteiger partial charge in [-0.1, -0.05) is 78.7 Å². The lowest BCUT2D eigenvalue weighted by atomic mass is 9.94. The van der Waals surface area contributed by atoms with Gasteiger partial charge in [-0.3, -0.25) is 4.68 Å². The summed E-state index contributed by atoms with van der Waals surface area (Å²) in [6.07, 6.45) is 15.4. The van der Waals surface area contributed by atoms with E-state index in [-0.39, 0.29) is 0 Å². The number of hydrogen-bond acceptors (Lipinski definition) is 3. The van der Waals surface area contributed by atoms with Gasteiger partial charge in [0.15, 0.2) is 0 Å². The minimum absolute atomic E-state index is 0.612. The Morgan fingerprint density at radius 1 is 1.03 bits per heavy atom. The average Bonchev–Trinajstić information content (AvgIpc) is 3.33. The maximum Gasteiger partial charge on any atom is 0.113 e. The van der Waals surface area contributed by atoms with Crippen molar-refractivity contribution in [1.29, 1.82) is 0 Å². The third-order valence-electron chi connectivity index (χ3n) is 6.25. The van der Waals surface area contributed by atoms with Crippen LogP contribution in [0.4, 0.5) is 0 Å². The summed E-state index contributed by atoms with van der Waals surface area (Å²) in [5.41, 5.74) is 5.63. The Hall–Kier alpha value is -3.16. The van der Waals surface area contributed by atoms with Crippen molar-refractivity contribution in [3.63, 3.8) is 0 Å². The lowest BCUT2D eigenvalue weighted by molar-refractivity contribution is 0.178. The molecule has 1 aliphatic carbocycles. The molecule has 3 aromatic rings. The SMILES string of the molecule is C#CC1=CCC(N(CCC)CCCn2cc(-c3ccc(-c4ccccc4)cc3)nn2)CC1. The Labute approximate surface area is 192 Å². The van der Waals surface area contributed by atoms with Crippen LogP contribution in [-0.2, 0) is 6.54 Å². The van der Waals surface area contributed by atoms with Gasteiger partial charge in [0, 0.05) is 24.7 Å². The fraction of sp³-hybridized carbons (Fsp3) is 0.357. The van der Waals surface area contributed by atoms with E-state index in [0.717, 1.165) is 50.2 Å². The predicted octanol–water partition coefficient (Wildman–Crippen LogP) is 5.83. The molecule has 4 rings (SSSR count). The second-order valence-corrected chi connectivity index (χ2v) is 8.50. The molecule has 0 saturated carbocycles. The lowest BCUT2D eigenvalue weighted by Gasteiger charge is -2.33. The van der Waals surface area contributed by atoms with Crippen molar-refractivity contribution >= 4 is 0 Å². The molecular weight excluding hydrogens is 392 g/mol. The number of hydrogen-bond donors (Lipinski definition) is 0. The molecule has 0 spiro atoms. The zero-order valence-corrected chi connectivity index (χ0v) is 19.0. The van der Waals surface area contributed by atoms with Gasteiger partial charge < -0.3 is 4.90 Å². The summed E-state index contributed by atoms with van der Waals surface area (Å²) in [7, 11) is 0. The second kappa shape index (κ2) is 10.9. The summed E-state index contributed by atoms with van der Waals surface area (Å²) in [5.74, 6) is 2.81. The van der Waals surface area contributed by atoms with Crippen LogP contribution in [0.2, 0.25) is 0 Å². The van der Waals surface area contributed by atoms with Crippen LogP contribution in [0.1, 0.15) is 39.0 Å². The molecule has 0 bridgehead atoms. The smallest absolute Gasteiger partial charge is 0.113 e. The van der Waals surface area contributed by atoms with E-state index in [1.807, 2.05) is 10.7 Å². The zero-order chi connectivity index (χ0) is 22.2. The highest BCUT2D eigenvalue weighted by Crippen LogP contribution is 2.24. The summed E-state index contributed by atoms with van der Waals surface area (Å²) in [6, 6.07) is 19.6. The van der Waals surface area contributed by atoms with Crippen LogP contribution in [0.3, 0.4) is 0 Å². The van der Waals surface area contributed by atoms with Crippen LogP contribution in [0, 0.1) is 12.3 Å². The standard InChI is InChI=1S/C28H32N4/c1-3-19-31(27-17-11-23(4-2)12-18-27)20-8-21-32-22-28(29-30-32)26-15-13-25(14-16-26)24-9-6-5-7-10-24/h2,5-7,9-11,13-16,22,27H,3,8,12,17-21H2,1H3. The van der Waals surface area contributed by atoms with Crippen LogP contribution in [0.5, 0.6) is 0 Å². The third kappa shape index (κ3) is 5.55. The fourth-order valence-electron chi connectivity index (χ4n) is 4.49. The molecule has 32 heavy (non-hydrogen) atoms. The van der Waals surface area contributed by atoms with Gasteiger partial charge in [-0.15, -0.1) is 11.5 Å². The molecule has 1 atom stereocenters. The Bertz CT molecular complexity index is 1060. The first-order valence-electron chi connectivity index (χ1n) is 11.7. The number of aryl methyl sites for hydroxylation is 1. The molecule has 1 heterocycles. The van der Waals surface area contributed by atoms with Crippen molar-refractivity contribution in [3.8, 4) is 34.7 Å². The number of nitrogens with zero attached hydrogens (tertiary/aromatic N) is 4. The first kappa shape index (κ1) is 22.0. The van der Waals surface area contributed by atoms with E-state index in [2.05, 4.69) is 88.9 Å². The zero-order valence-electron chi connectivity index (χ0n) is 19.0. The molecule has 2 aromatic carbocycles. The van der Waals surface area contributed by atoms with E-state index in [9.17, 15) is 0 Å². The van der Waals surface area contributed by atoms with Gasteiger partial charge in [0.25, 0.3) is 0 Å². The molecule has 4 nitrogen and oxygen atoms in total. The molecule has 0 amide bonds. The molecule has 4 heteroatoms. The van der Waals surface area contributed by atoms with E-state index in [4.69, 9.17) is 6.42 Å². The van der Waals surface area contributed by atoms with Gasteiger partial charge in [-0.25, -0.2) is 0 Å². The Morgan fingerprint density at radius 2 is 1.78 bits per heavy atom. The molecule has 0 fully saturated rings. The van der Waals surface area contributed by atoms with E-state index < -0.39 is 0 Å². The topological polar surface area (TPSA) is 34.0 Å².